The van der Waals surface area contributed by atoms with Crippen molar-refractivity contribution in [2.45, 2.75) is 37.3 Å². The maximum Gasteiger partial charge on any atom is 0.485 e. The van der Waals surface area contributed by atoms with Crippen molar-refractivity contribution in [2.24, 2.45) is 17.6 Å². The van der Waals surface area contributed by atoms with E-state index in [1.807, 2.05) is 0 Å². The summed E-state index contributed by atoms with van der Waals surface area (Å²) in [7, 11) is -6.09. The fourth-order valence-electron chi connectivity index (χ4n) is 2.51. The van der Waals surface area contributed by atoms with E-state index in [9.17, 15) is 13.2 Å². The molecule has 6 nitrogen and oxygen atoms in total. The van der Waals surface area contributed by atoms with Gasteiger partial charge in [-0.25, -0.2) is 8.42 Å². The van der Waals surface area contributed by atoms with Crippen molar-refractivity contribution in [3.8, 4) is 0 Å². The van der Waals surface area contributed by atoms with Crippen molar-refractivity contribution in [3.05, 3.63) is 0 Å². The SMILES string of the molecule is NC(=[NH2+])O[C@H]1C[C@@H]2CC[C@H]1C2.O=S(=O)([O-])C(F)(F)F. The van der Waals surface area contributed by atoms with Crippen molar-refractivity contribution < 1.29 is 36.3 Å². The molecule has 19 heavy (non-hydrogen) atoms. The van der Waals surface area contributed by atoms with Gasteiger partial charge in [0.1, 0.15) is 6.10 Å². The molecule has 2 saturated carbocycles. The van der Waals surface area contributed by atoms with Crippen LogP contribution in [0.15, 0.2) is 0 Å². The van der Waals surface area contributed by atoms with Gasteiger partial charge >= 0.3 is 11.5 Å². The number of amidine groups is 1. The number of fused-ring (bicyclic) bond motifs is 2. The van der Waals surface area contributed by atoms with Gasteiger partial charge in [-0.2, -0.15) is 13.2 Å². The third kappa shape index (κ3) is 4.53. The van der Waals surface area contributed by atoms with Crippen LogP contribution in [0.5, 0.6) is 0 Å². The van der Waals surface area contributed by atoms with Crippen LogP contribution in [-0.2, 0) is 14.9 Å². The lowest BCUT2D eigenvalue weighted by Crippen LogP contribution is -2.49. The molecule has 3 atom stereocenters. The monoisotopic (exact) mass is 304 g/mol. The van der Waals surface area contributed by atoms with E-state index < -0.39 is 15.6 Å². The van der Waals surface area contributed by atoms with Crippen LogP contribution >= 0.6 is 0 Å². The molecule has 0 aliphatic heterocycles. The molecular formula is C9H15F3N2O4S. The summed E-state index contributed by atoms with van der Waals surface area (Å²) in [6.45, 7) is 0. The van der Waals surface area contributed by atoms with Crippen LogP contribution in [-0.4, -0.2) is 30.6 Å². The minimum Gasteiger partial charge on any atom is -0.741 e. The van der Waals surface area contributed by atoms with Crippen LogP contribution in [0.25, 0.3) is 0 Å². The second-order valence-electron chi connectivity index (χ2n) is 4.63. The highest BCUT2D eigenvalue weighted by atomic mass is 32.2. The fraction of sp³-hybridized carbons (Fsp3) is 0.889. The highest BCUT2D eigenvalue weighted by molar-refractivity contribution is 7.86. The molecule has 0 unspecified atom stereocenters. The zero-order valence-corrected chi connectivity index (χ0v) is 10.7. The van der Waals surface area contributed by atoms with Crippen LogP contribution in [0, 0.1) is 11.8 Å². The van der Waals surface area contributed by atoms with E-state index in [4.69, 9.17) is 28.9 Å². The molecular weight excluding hydrogens is 289 g/mol. The molecule has 0 aromatic carbocycles. The summed E-state index contributed by atoms with van der Waals surface area (Å²) >= 11 is 0. The molecule has 0 aromatic heterocycles. The van der Waals surface area contributed by atoms with E-state index >= 15 is 0 Å². The summed E-state index contributed by atoms with van der Waals surface area (Å²) in [5.74, 6) is 1.63. The number of nitrogens with two attached hydrogens (primary N) is 2. The van der Waals surface area contributed by atoms with Gasteiger partial charge in [0.2, 0.25) is 0 Å². The minimum absolute atomic E-state index is 0.141. The smallest absolute Gasteiger partial charge is 0.485 e. The Morgan fingerprint density at radius 1 is 1.32 bits per heavy atom. The van der Waals surface area contributed by atoms with Crippen LogP contribution in [0.4, 0.5) is 13.2 Å². The van der Waals surface area contributed by atoms with Crippen LogP contribution in [0.2, 0.25) is 0 Å². The van der Waals surface area contributed by atoms with Crippen molar-refractivity contribution in [3.63, 3.8) is 0 Å². The van der Waals surface area contributed by atoms with Gasteiger partial charge in [-0.1, -0.05) is 0 Å². The molecule has 2 fully saturated rings. The van der Waals surface area contributed by atoms with Crippen molar-refractivity contribution in [1.29, 1.82) is 0 Å². The summed E-state index contributed by atoms with van der Waals surface area (Å²) in [6.07, 6.45) is 5.52. The molecule has 2 aliphatic carbocycles. The molecule has 0 aromatic rings. The number of hydrogen-bond acceptors (Lipinski definition) is 4. The Morgan fingerprint density at radius 2 is 1.84 bits per heavy atom. The minimum atomic E-state index is -6.09. The van der Waals surface area contributed by atoms with Gasteiger partial charge in [0.05, 0.1) is 0 Å². The molecule has 2 aliphatic rings. The van der Waals surface area contributed by atoms with E-state index in [1.165, 1.54) is 25.7 Å². The summed E-state index contributed by atoms with van der Waals surface area (Å²) in [5.41, 5.74) is -0.370. The van der Waals surface area contributed by atoms with Gasteiger partial charge in [0, 0.05) is 0 Å². The Hall–Kier alpha value is -1.03. The maximum absolute atomic E-state index is 10.7. The average Bonchev–Trinajstić information content (AvgIpc) is 2.75. The third-order valence-corrected chi connectivity index (χ3v) is 3.81. The lowest BCUT2D eigenvalue weighted by molar-refractivity contribution is -0.150. The average molecular weight is 304 g/mol. The lowest BCUT2D eigenvalue weighted by atomic mass is 9.98. The first-order valence-corrected chi connectivity index (χ1v) is 6.98. The van der Waals surface area contributed by atoms with E-state index in [-0.39, 0.29) is 6.02 Å². The number of hydrogen-bond donors (Lipinski definition) is 2. The number of rotatable bonds is 1. The number of ether oxygens (including phenoxy) is 1. The van der Waals surface area contributed by atoms with E-state index in [1.54, 1.807) is 0 Å². The first-order chi connectivity index (χ1) is 8.50. The van der Waals surface area contributed by atoms with Crippen LogP contribution in [0.1, 0.15) is 25.7 Å². The van der Waals surface area contributed by atoms with Crippen LogP contribution < -0.4 is 11.1 Å². The summed E-state index contributed by atoms with van der Waals surface area (Å²) < 4.78 is 64.2. The molecule has 2 bridgehead atoms. The number of alkyl halides is 3. The molecule has 0 saturated heterocycles. The van der Waals surface area contributed by atoms with Gasteiger partial charge in [0.15, 0.2) is 10.1 Å². The molecule has 0 spiro atoms. The molecule has 4 N–H and O–H groups in total. The Bertz CT molecular complexity index is 437. The molecule has 10 heteroatoms. The predicted octanol–water partition coefficient (Wildman–Crippen LogP) is -0.683. The van der Waals surface area contributed by atoms with E-state index in [0.29, 0.717) is 6.10 Å². The summed E-state index contributed by atoms with van der Waals surface area (Å²) in [5, 5.41) is 5.28. The van der Waals surface area contributed by atoms with Crippen LogP contribution in [0.3, 0.4) is 0 Å². The quantitative estimate of drug-likeness (QED) is 0.288. The van der Waals surface area contributed by atoms with Gasteiger partial charge in [-0.15, -0.1) is 0 Å². The predicted molar refractivity (Wildman–Crippen MR) is 57.2 cm³/mol. The topological polar surface area (TPSA) is 118 Å². The standard InChI is InChI=1S/C8H14N2O.CHF3O3S/c9-8(10)11-7-4-5-1-2-6(7)3-5;2-1(3,4)8(5,6)7/h5-7H,1-4H2,(H3,9,10);(H,5,6,7)/t5-,6+,7+;/m1./s1. The van der Waals surface area contributed by atoms with Crippen molar-refractivity contribution >= 4 is 16.1 Å². The summed E-state index contributed by atoms with van der Waals surface area (Å²) in [4.78, 5) is 0. The zero-order chi connectivity index (χ0) is 14.8. The zero-order valence-electron chi connectivity index (χ0n) is 9.89. The molecule has 0 radical (unpaired) electrons. The Kier molecular flexibility index (Phi) is 4.67. The normalized spacial score (nSPS) is 29.6. The summed E-state index contributed by atoms with van der Waals surface area (Å²) in [6, 6.07) is 0.141. The Balaban J connectivity index is 0.000000203. The first kappa shape index (κ1) is 16.0. The molecule has 2 rings (SSSR count). The molecule has 112 valence electrons. The maximum atomic E-state index is 10.7. The Labute approximate surface area is 108 Å². The highest BCUT2D eigenvalue weighted by Gasteiger charge is 2.41. The van der Waals surface area contributed by atoms with Gasteiger partial charge in [0.25, 0.3) is 0 Å². The fourth-order valence-corrected chi connectivity index (χ4v) is 2.51. The highest BCUT2D eigenvalue weighted by Crippen LogP contribution is 2.45. The first-order valence-electron chi connectivity index (χ1n) is 5.57. The Morgan fingerprint density at radius 3 is 2.11 bits per heavy atom. The molecule has 0 amide bonds. The van der Waals surface area contributed by atoms with Gasteiger partial charge in [-0.05, 0) is 37.5 Å². The van der Waals surface area contributed by atoms with E-state index in [2.05, 4.69) is 0 Å². The lowest BCUT2D eigenvalue weighted by Gasteiger charge is -2.19. The van der Waals surface area contributed by atoms with Gasteiger partial charge in [-0.3, -0.25) is 11.1 Å². The van der Waals surface area contributed by atoms with Gasteiger partial charge < -0.3 is 9.29 Å². The van der Waals surface area contributed by atoms with E-state index in [0.717, 1.165) is 11.8 Å². The second-order valence-corrected chi connectivity index (χ2v) is 6.00. The number of halogens is 3. The largest absolute Gasteiger partial charge is 0.741 e. The third-order valence-electron chi connectivity index (χ3n) is 3.24. The molecule has 0 heterocycles. The van der Waals surface area contributed by atoms with Crippen molar-refractivity contribution in [1.82, 2.24) is 0 Å². The van der Waals surface area contributed by atoms with Crippen molar-refractivity contribution in [2.75, 3.05) is 0 Å². The second kappa shape index (κ2) is 5.53.